The molecule has 0 spiro atoms. The zero-order valence-electron chi connectivity index (χ0n) is 18.3. The van der Waals surface area contributed by atoms with E-state index in [1.807, 2.05) is 0 Å². The molecule has 1 fully saturated rings. The molecule has 2 aromatic carbocycles. The van der Waals surface area contributed by atoms with Crippen LogP contribution in [0.1, 0.15) is 19.8 Å². The summed E-state index contributed by atoms with van der Waals surface area (Å²) in [6.07, 6.45) is 1.00. The fourth-order valence-electron chi connectivity index (χ4n) is 3.63. The van der Waals surface area contributed by atoms with E-state index in [9.17, 15) is 18.0 Å². The van der Waals surface area contributed by atoms with E-state index in [-0.39, 0.29) is 29.2 Å². The highest BCUT2D eigenvalue weighted by molar-refractivity contribution is 7.92. The van der Waals surface area contributed by atoms with Crippen molar-refractivity contribution in [2.45, 2.75) is 24.7 Å². The number of amides is 1. The van der Waals surface area contributed by atoms with Gasteiger partial charge in [0.05, 0.1) is 30.2 Å². The number of carbonyl (C=O) groups is 2. The normalized spacial score (nSPS) is 14.6. The number of sulfonamides is 1. The third kappa shape index (κ3) is 5.40. The van der Waals surface area contributed by atoms with E-state index in [2.05, 4.69) is 0 Å². The number of benzene rings is 2. The average Bonchev–Trinajstić information content (AvgIpc) is 2.83. The van der Waals surface area contributed by atoms with Crippen LogP contribution in [0.15, 0.2) is 59.5 Å². The topological polar surface area (TPSA) is 93.2 Å². The van der Waals surface area contributed by atoms with E-state index in [0.717, 1.165) is 4.31 Å². The second-order valence-electron chi connectivity index (χ2n) is 7.43. The maximum absolute atomic E-state index is 13.4. The molecule has 32 heavy (non-hydrogen) atoms. The third-order valence-electron chi connectivity index (χ3n) is 5.44. The first-order valence-corrected chi connectivity index (χ1v) is 12.0. The van der Waals surface area contributed by atoms with Crippen LogP contribution in [-0.2, 0) is 24.3 Å². The maximum atomic E-state index is 13.4. The lowest BCUT2D eigenvalue weighted by molar-refractivity contribution is -0.151. The number of likely N-dealkylation sites (tertiary alicyclic amines) is 1. The first-order chi connectivity index (χ1) is 15.4. The first-order valence-electron chi connectivity index (χ1n) is 10.5. The van der Waals surface area contributed by atoms with Crippen LogP contribution in [0, 0.1) is 5.92 Å². The number of para-hydroxylation sites is 1. The Kier molecular flexibility index (Phi) is 7.74. The number of piperidine rings is 1. The minimum absolute atomic E-state index is 0.0657. The van der Waals surface area contributed by atoms with Crippen LogP contribution in [0.2, 0.25) is 0 Å². The fourth-order valence-corrected chi connectivity index (χ4v) is 5.05. The maximum Gasteiger partial charge on any atom is 0.309 e. The van der Waals surface area contributed by atoms with Gasteiger partial charge >= 0.3 is 5.97 Å². The van der Waals surface area contributed by atoms with E-state index >= 15 is 0 Å². The summed E-state index contributed by atoms with van der Waals surface area (Å²) in [4.78, 5) is 26.7. The molecule has 0 aromatic heterocycles. The van der Waals surface area contributed by atoms with Crippen molar-refractivity contribution in [3.8, 4) is 5.75 Å². The van der Waals surface area contributed by atoms with Gasteiger partial charge in [-0.25, -0.2) is 8.42 Å². The zero-order valence-corrected chi connectivity index (χ0v) is 19.1. The minimum Gasteiger partial charge on any atom is -0.497 e. The van der Waals surface area contributed by atoms with Crippen molar-refractivity contribution in [1.82, 2.24) is 4.90 Å². The molecule has 1 heterocycles. The Hall–Kier alpha value is -3.07. The molecule has 0 atom stereocenters. The van der Waals surface area contributed by atoms with Gasteiger partial charge in [-0.3, -0.25) is 13.9 Å². The fraction of sp³-hybridized carbons (Fsp3) is 0.391. The van der Waals surface area contributed by atoms with Crippen molar-refractivity contribution in [3.05, 3.63) is 54.6 Å². The van der Waals surface area contributed by atoms with E-state index in [4.69, 9.17) is 9.47 Å². The van der Waals surface area contributed by atoms with E-state index < -0.39 is 10.0 Å². The van der Waals surface area contributed by atoms with E-state index in [1.54, 1.807) is 54.3 Å². The first kappa shape index (κ1) is 23.6. The van der Waals surface area contributed by atoms with Crippen molar-refractivity contribution in [3.63, 3.8) is 0 Å². The van der Waals surface area contributed by atoms with Gasteiger partial charge in [-0.2, -0.15) is 0 Å². The molecular weight excluding hydrogens is 432 g/mol. The van der Waals surface area contributed by atoms with Gasteiger partial charge in [-0.1, -0.05) is 18.2 Å². The number of hydrogen-bond donors (Lipinski definition) is 0. The molecule has 1 aliphatic rings. The van der Waals surface area contributed by atoms with Crippen molar-refractivity contribution >= 4 is 27.6 Å². The van der Waals surface area contributed by atoms with Gasteiger partial charge in [0.1, 0.15) is 12.3 Å². The Morgan fingerprint density at radius 1 is 1.03 bits per heavy atom. The lowest BCUT2D eigenvalue weighted by atomic mass is 9.97. The Bertz CT molecular complexity index is 1020. The lowest BCUT2D eigenvalue weighted by Gasteiger charge is -2.33. The van der Waals surface area contributed by atoms with Crippen LogP contribution in [0.5, 0.6) is 5.75 Å². The van der Waals surface area contributed by atoms with Gasteiger partial charge in [0.15, 0.2) is 0 Å². The summed E-state index contributed by atoms with van der Waals surface area (Å²) in [6.45, 7) is 2.52. The lowest BCUT2D eigenvalue weighted by Crippen LogP contribution is -2.46. The van der Waals surface area contributed by atoms with Crippen molar-refractivity contribution in [2.75, 3.05) is 37.7 Å². The number of esters is 1. The predicted octanol–water partition coefficient (Wildman–Crippen LogP) is 2.69. The number of nitrogens with zero attached hydrogens (tertiary/aromatic N) is 2. The largest absolute Gasteiger partial charge is 0.497 e. The number of methoxy groups -OCH3 is 1. The van der Waals surface area contributed by atoms with Gasteiger partial charge in [0, 0.05) is 13.1 Å². The van der Waals surface area contributed by atoms with Crippen LogP contribution < -0.4 is 9.04 Å². The molecule has 9 heteroatoms. The average molecular weight is 461 g/mol. The molecule has 1 amide bonds. The number of carbonyl (C=O) groups excluding carboxylic acids is 2. The van der Waals surface area contributed by atoms with E-state index in [1.165, 1.54) is 19.2 Å². The highest BCUT2D eigenvalue weighted by Crippen LogP contribution is 2.26. The summed E-state index contributed by atoms with van der Waals surface area (Å²) < 4.78 is 38.1. The van der Waals surface area contributed by atoms with Crippen molar-refractivity contribution in [1.29, 1.82) is 0 Å². The molecule has 0 N–H and O–H groups in total. The van der Waals surface area contributed by atoms with Gasteiger partial charge < -0.3 is 14.4 Å². The summed E-state index contributed by atoms with van der Waals surface area (Å²) >= 11 is 0. The Labute approximate surface area is 188 Å². The second-order valence-corrected chi connectivity index (χ2v) is 9.29. The summed E-state index contributed by atoms with van der Waals surface area (Å²) in [5.74, 6) is -0.246. The number of hydrogen-bond acceptors (Lipinski definition) is 6. The molecule has 1 aliphatic heterocycles. The third-order valence-corrected chi connectivity index (χ3v) is 7.23. The van der Waals surface area contributed by atoms with Gasteiger partial charge in [0.25, 0.3) is 10.0 Å². The van der Waals surface area contributed by atoms with Crippen molar-refractivity contribution < 1.29 is 27.5 Å². The summed E-state index contributed by atoms with van der Waals surface area (Å²) in [7, 11) is -2.48. The highest BCUT2D eigenvalue weighted by Gasteiger charge is 2.32. The van der Waals surface area contributed by atoms with Gasteiger partial charge in [-0.05, 0) is 56.2 Å². The number of rotatable bonds is 8. The second kappa shape index (κ2) is 10.5. The molecule has 8 nitrogen and oxygen atoms in total. The summed E-state index contributed by atoms with van der Waals surface area (Å²) in [5, 5.41) is 0. The monoisotopic (exact) mass is 460 g/mol. The molecule has 3 rings (SSSR count). The zero-order chi connectivity index (χ0) is 23.1. The molecule has 0 unspecified atom stereocenters. The molecular formula is C23H28N2O6S. The van der Waals surface area contributed by atoms with Crippen molar-refractivity contribution in [2.24, 2.45) is 5.92 Å². The Balaban J connectivity index is 1.78. The predicted molar refractivity (Wildman–Crippen MR) is 120 cm³/mol. The minimum atomic E-state index is -3.99. The SMILES string of the molecule is CCOC(=O)C1CCN(C(=O)CN(c2ccccc2)S(=O)(=O)c2ccc(OC)cc2)CC1. The molecule has 2 aromatic rings. The molecule has 0 saturated carbocycles. The van der Waals surface area contributed by atoms with Crippen LogP contribution in [-0.4, -0.2) is 58.5 Å². The molecule has 0 bridgehead atoms. The number of anilines is 1. The van der Waals surface area contributed by atoms with Gasteiger partial charge in [-0.15, -0.1) is 0 Å². The standard InChI is InChI=1S/C23H28N2O6S/c1-3-31-23(27)18-13-15-24(16-14-18)22(26)17-25(19-7-5-4-6-8-19)32(28,29)21-11-9-20(30-2)10-12-21/h4-12,18H,3,13-17H2,1-2H3. The van der Waals surface area contributed by atoms with Crippen LogP contribution in [0.4, 0.5) is 5.69 Å². The highest BCUT2D eigenvalue weighted by atomic mass is 32.2. The quantitative estimate of drug-likeness (QED) is 0.563. The van der Waals surface area contributed by atoms with Crippen LogP contribution >= 0.6 is 0 Å². The van der Waals surface area contributed by atoms with E-state index in [0.29, 0.717) is 44.0 Å². The smallest absolute Gasteiger partial charge is 0.309 e. The summed E-state index contributed by atoms with van der Waals surface area (Å²) in [5.41, 5.74) is 0.401. The summed E-state index contributed by atoms with van der Waals surface area (Å²) in [6, 6.07) is 14.6. The molecule has 0 radical (unpaired) electrons. The van der Waals surface area contributed by atoms with Crippen LogP contribution in [0.3, 0.4) is 0 Å². The Morgan fingerprint density at radius 2 is 1.66 bits per heavy atom. The molecule has 0 aliphatic carbocycles. The van der Waals surface area contributed by atoms with Gasteiger partial charge in [0.2, 0.25) is 5.91 Å². The number of ether oxygens (including phenoxy) is 2. The molecule has 172 valence electrons. The molecule has 1 saturated heterocycles. The Morgan fingerprint density at radius 3 is 2.22 bits per heavy atom. The van der Waals surface area contributed by atoms with Crippen LogP contribution in [0.25, 0.3) is 0 Å².